The normalized spacial score (nSPS) is 24.6. The van der Waals surface area contributed by atoms with E-state index >= 15 is 0 Å². The van der Waals surface area contributed by atoms with Gasteiger partial charge in [0.15, 0.2) is 11.5 Å². The molecule has 2 aliphatic heterocycles. The maximum atomic E-state index is 12.6. The lowest BCUT2D eigenvalue weighted by atomic mass is 10.1. The highest BCUT2D eigenvalue weighted by molar-refractivity contribution is 8.01. The van der Waals surface area contributed by atoms with Crippen molar-refractivity contribution in [1.29, 1.82) is 0 Å². The van der Waals surface area contributed by atoms with E-state index in [9.17, 15) is 4.79 Å². The predicted octanol–water partition coefficient (Wildman–Crippen LogP) is 1.35. The zero-order valence-electron chi connectivity index (χ0n) is 14.7. The minimum absolute atomic E-state index is 0.0108. The van der Waals surface area contributed by atoms with E-state index in [2.05, 4.69) is 0 Å². The van der Waals surface area contributed by atoms with E-state index in [4.69, 9.17) is 9.47 Å². The Morgan fingerprint density at radius 1 is 1.21 bits per heavy atom. The van der Waals surface area contributed by atoms with Crippen LogP contribution in [0.1, 0.15) is 30.7 Å². The average molecular weight is 351 g/mol. The molecule has 0 saturated carbocycles. The molecule has 2 fully saturated rings. The maximum Gasteiger partial charge on any atom is 0.236 e. The van der Waals surface area contributed by atoms with Gasteiger partial charge in [0.05, 0.1) is 45.6 Å². The number of carbonyl (C=O) groups is 1. The van der Waals surface area contributed by atoms with Gasteiger partial charge in [-0.2, -0.15) is 0 Å². The molecule has 5 nitrogen and oxygen atoms in total. The van der Waals surface area contributed by atoms with E-state index in [1.807, 2.05) is 30.0 Å². The van der Waals surface area contributed by atoms with Gasteiger partial charge in [-0.1, -0.05) is 6.07 Å². The Hall–Kier alpha value is -1.40. The first-order chi connectivity index (χ1) is 11.6. The van der Waals surface area contributed by atoms with Crippen molar-refractivity contribution in [2.24, 2.45) is 0 Å². The molecule has 2 saturated heterocycles. The summed E-state index contributed by atoms with van der Waals surface area (Å²) in [6, 6.07) is 5.96. The molecule has 2 atom stereocenters. The summed E-state index contributed by atoms with van der Waals surface area (Å²) >= 11 is 1.72. The van der Waals surface area contributed by atoms with Crippen molar-refractivity contribution >= 4 is 17.7 Å². The standard InChI is InChI=1S/C18H26N2O3S/c1-13-17(21)20(11-10-19-8-4-5-9-19)18(24-13)14-6-7-15(22-2)16(12-14)23-3/h6-7,12-13,18H,4-5,8-11H2,1-3H3/p+1/t13-,18+/m0/s1. The molecule has 0 spiro atoms. The number of quaternary nitrogens is 1. The van der Waals surface area contributed by atoms with Crippen LogP contribution in [0, 0.1) is 0 Å². The quantitative estimate of drug-likeness (QED) is 0.840. The second-order valence-electron chi connectivity index (χ2n) is 6.48. The zero-order valence-corrected chi connectivity index (χ0v) is 15.5. The van der Waals surface area contributed by atoms with Crippen LogP contribution in [0.2, 0.25) is 0 Å². The number of benzene rings is 1. The summed E-state index contributed by atoms with van der Waals surface area (Å²) in [5, 5.41) is 0.0750. The topological polar surface area (TPSA) is 43.2 Å². The van der Waals surface area contributed by atoms with Gasteiger partial charge in [-0.15, -0.1) is 11.8 Å². The predicted molar refractivity (Wildman–Crippen MR) is 95.9 cm³/mol. The van der Waals surface area contributed by atoms with Gasteiger partial charge in [0.2, 0.25) is 5.91 Å². The average Bonchev–Trinajstić information content (AvgIpc) is 3.21. The van der Waals surface area contributed by atoms with Crippen LogP contribution in [0.4, 0.5) is 0 Å². The largest absolute Gasteiger partial charge is 0.493 e. The highest BCUT2D eigenvalue weighted by Crippen LogP contribution is 2.44. The van der Waals surface area contributed by atoms with Crippen molar-refractivity contribution < 1.29 is 19.2 Å². The van der Waals surface area contributed by atoms with Crippen LogP contribution < -0.4 is 14.4 Å². The number of likely N-dealkylation sites (tertiary alicyclic amines) is 1. The van der Waals surface area contributed by atoms with Crippen LogP contribution in [-0.4, -0.2) is 56.5 Å². The van der Waals surface area contributed by atoms with Gasteiger partial charge in [-0.25, -0.2) is 0 Å². The molecule has 2 heterocycles. The fourth-order valence-electron chi connectivity index (χ4n) is 3.57. The van der Waals surface area contributed by atoms with E-state index in [1.54, 1.807) is 30.9 Å². The van der Waals surface area contributed by atoms with Gasteiger partial charge in [-0.05, 0) is 24.6 Å². The van der Waals surface area contributed by atoms with Gasteiger partial charge in [0, 0.05) is 12.8 Å². The van der Waals surface area contributed by atoms with Gasteiger partial charge in [0.1, 0.15) is 5.37 Å². The fourth-order valence-corrected chi connectivity index (χ4v) is 4.87. The first-order valence-electron chi connectivity index (χ1n) is 8.65. The minimum Gasteiger partial charge on any atom is -0.493 e. The highest BCUT2D eigenvalue weighted by Gasteiger charge is 2.39. The molecule has 1 amide bonds. The Morgan fingerprint density at radius 3 is 2.58 bits per heavy atom. The van der Waals surface area contributed by atoms with E-state index in [0.717, 1.165) is 24.4 Å². The maximum absolute atomic E-state index is 12.6. The SMILES string of the molecule is COc1ccc([C@H]2S[C@@H](C)C(=O)N2CC[NH+]2CCCC2)cc1OC. The smallest absolute Gasteiger partial charge is 0.236 e. The summed E-state index contributed by atoms with van der Waals surface area (Å²) < 4.78 is 10.7. The van der Waals surface area contributed by atoms with Crippen molar-refractivity contribution in [3.63, 3.8) is 0 Å². The van der Waals surface area contributed by atoms with Crippen molar-refractivity contribution in [2.75, 3.05) is 40.4 Å². The number of amides is 1. The van der Waals surface area contributed by atoms with Crippen LogP contribution in [0.25, 0.3) is 0 Å². The lowest BCUT2D eigenvalue weighted by Crippen LogP contribution is -3.10. The van der Waals surface area contributed by atoms with Crippen LogP contribution in [0.5, 0.6) is 11.5 Å². The molecule has 1 aromatic rings. The summed E-state index contributed by atoms with van der Waals surface area (Å²) in [6.07, 6.45) is 2.63. The molecule has 0 bridgehead atoms. The van der Waals surface area contributed by atoms with Crippen molar-refractivity contribution in [3.05, 3.63) is 23.8 Å². The van der Waals surface area contributed by atoms with E-state index in [-0.39, 0.29) is 16.5 Å². The van der Waals surface area contributed by atoms with E-state index < -0.39 is 0 Å². The molecular weight excluding hydrogens is 324 g/mol. The Kier molecular flexibility index (Phi) is 5.56. The molecule has 0 aliphatic carbocycles. The zero-order chi connectivity index (χ0) is 17.1. The first-order valence-corrected chi connectivity index (χ1v) is 9.59. The first kappa shape index (κ1) is 17.4. The molecule has 3 rings (SSSR count). The molecule has 24 heavy (non-hydrogen) atoms. The molecule has 0 radical (unpaired) electrons. The number of nitrogens with zero attached hydrogens (tertiary/aromatic N) is 1. The molecule has 0 aromatic heterocycles. The lowest BCUT2D eigenvalue weighted by molar-refractivity contribution is -0.886. The van der Waals surface area contributed by atoms with Crippen LogP contribution >= 0.6 is 11.8 Å². The molecule has 2 aliphatic rings. The lowest BCUT2D eigenvalue weighted by Gasteiger charge is -2.25. The molecule has 1 aromatic carbocycles. The van der Waals surface area contributed by atoms with Gasteiger partial charge >= 0.3 is 0 Å². The number of rotatable bonds is 6. The van der Waals surface area contributed by atoms with Gasteiger partial charge in [-0.3, -0.25) is 4.79 Å². The second kappa shape index (κ2) is 7.66. The van der Waals surface area contributed by atoms with E-state index in [0.29, 0.717) is 5.75 Å². The van der Waals surface area contributed by atoms with Crippen molar-refractivity contribution in [3.8, 4) is 11.5 Å². The monoisotopic (exact) mass is 351 g/mol. The third-order valence-electron chi connectivity index (χ3n) is 4.96. The number of nitrogens with one attached hydrogen (secondary N) is 1. The molecular formula is C18H27N2O3S+. The summed E-state index contributed by atoms with van der Waals surface area (Å²) in [6.45, 7) is 6.36. The van der Waals surface area contributed by atoms with Gasteiger partial charge < -0.3 is 19.3 Å². The number of methoxy groups -OCH3 is 2. The highest BCUT2D eigenvalue weighted by atomic mass is 32.2. The third kappa shape index (κ3) is 3.49. The number of ether oxygens (including phenoxy) is 2. The van der Waals surface area contributed by atoms with Crippen molar-refractivity contribution in [2.45, 2.75) is 30.4 Å². The number of hydrogen-bond acceptors (Lipinski definition) is 4. The Balaban J connectivity index is 1.77. The molecule has 0 unspecified atom stereocenters. The van der Waals surface area contributed by atoms with Gasteiger partial charge in [0.25, 0.3) is 0 Å². The summed E-state index contributed by atoms with van der Waals surface area (Å²) in [4.78, 5) is 16.3. The minimum atomic E-state index is 0.0108. The number of carbonyl (C=O) groups excluding carboxylic acids is 1. The molecule has 132 valence electrons. The number of thioether (sulfide) groups is 1. The van der Waals surface area contributed by atoms with Crippen molar-refractivity contribution in [1.82, 2.24) is 4.90 Å². The molecule has 1 N–H and O–H groups in total. The van der Waals surface area contributed by atoms with Crippen LogP contribution in [0.15, 0.2) is 18.2 Å². The van der Waals surface area contributed by atoms with Crippen LogP contribution in [0.3, 0.4) is 0 Å². The summed E-state index contributed by atoms with van der Waals surface area (Å²) in [5.74, 6) is 1.68. The Morgan fingerprint density at radius 2 is 1.92 bits per heavy atom. The fraction of sp³-hybridized carbons (Fsp3) is 0.611. The Bertz CT molecular complexity index is 590. The molecule has 6 heteroatoms. The summed E-state index contributed by atoms with van der Waals surface area (Å²) in [7, 11) is 3.28. The Labute approximate surface area is 148 Å². The number of hydrogen-bond donors (Lipinski definition) is 1. The third-order valence-corrected chi connectivity index (χ3v) is 6.35. The van der Waals surface area contributed by atoms with Crippen LogP contribution in [-0.2, 0) is 4.79 Å². The second-order valence-corrected chi connectivity index (χ2v) is 7.91. The van der Waals surface area contributed by atoms with E-state index in [1.165, 1.54) is 25.9 Å². The summed E-state index contributed by atoms with van der Waals surface area (Å²) in [5.41, 5.74) is 1.10.